The predicted octanol–water partition coefficient (Wildman–Crippen LogP) is 2.32. The van der Waals surface area contributed by atoms with E-state index in [1.807, 2.05) is 19.1 Å². The van der Waals surface area contributed by atoms with Crippen molar-refractivity contribution < 1.29 is 9.21 Å². The quantitative estimate of drug-likeness (QED) is 0.686. The van der Waals surface area contributed by atoms with Crippen LogP contribution in [0.2, 0.25) is 0 Å². The molecule has 6 heteroatoms. The van der Waals surface area contributed by atoms with Crippen LogP contribution in [0.15, 0.2) is 40.2 Å². The van der Waals surface area contributed by atoms with Crippen LogP contribution in [0.25, 0.3) is 0 Å². The Kier molecular flexibility index (Phi) is 4.11. The topological polar surface area (TPSA) is 72.4 Å². The maximum absolute atomic E-state index is 12.0. The monoisotopic (exact) mass is 277 g/mol. The van der Waals surface area contributed by atoms with Crippen LogP contribution < -0.4 is 10.6 Å². The molecule has 2 rings (SSSR count). The summed E-state index contributed by atoms with van der Waals surface area (Å²) in [6, 6.07) is 7.16. The van der Waals surface area contributed by atoms with E-state index < -0.39 is 0 Å². The number of carbonyl (C=O) groups is 1. The minimum Gasteiger partial charge on any atom is -0.440 e. The smallest absolute Gasteiger partial charge is 0.256 e. The third kappa shape index (κ3) is 3.51. The van der Waals surface area contributed by atoms with Gasteiger partial charge in [-0.05, 0) is 31.2 Å². The van der Waals surface area contributed by atoms with Crippen LogP contribution >= 0.6 is 11.8 Å². The molecule has 0 aliphatic carbocycles. The molecule has 0 aliphatic heterocycles. The SMILES string of the molecule is Cc1coc(SCC(=O)N(C)c2ccc(N)cc2)n1. The van der Waals surface area contributed by atoms with E-state index in [1.165, 1.54) is 11.8 Å². The van der Waals surface area contributed by atoms with Gasteiger partial charge < -0.3 is 15.1 Å². The fourth-order valence-electron chi connectivity index (χ4n) is 1.46. The maximum atomic E-state index is 12.0. The number of rotatable bonds is 4. The highest BCUT2D eigenvalue weighted by atomic mass is 32.2. The van der Waals surface area contributed by atoms with Crippen molar-refractivity contribution in [3.63, 3.8) is 0 Å². The summed E-state index contributed by atoms with van der Waals surface area (Å²) < 4.78 is 5.18. The number of aromatic nitrogens is 1. The Bertz CT molecular complexity index is 566. The van der Waals surface area contributed by atoms with E-state index in [9.17, 15) is 4.79 Å². The fraction of sp³-hybridized carbons (Fsp3) is 0.231. The van der Waals surface area contributed by atoms with Gasteiger partial charge >= 0.3 is 0 Å². The number of amides is 1. The summed E-state index contributed by atoms with van der Waals surface area (Å²) >= 11 is 1.28. The van der Waals surface area contributed by atoms with Crippen molar-refractivity contribution in [1.82, 2.24) is 4.98 Å². The summed E-state index contributed by atoms with van der Waals surface area (Å²) in [6.07, 6.45) is 1.57. The molecular formula is C13H15N3O2S. The van der Waals surface area contributed by atoms with Crippen LogP contribution in [0.3, 0.4) is 0 Å². The van der Waals surface area contributed by atoms with E-state index >= 15 is 0 Å². The molecule has 1 aromatic heterocycles. The Morgan fingerprint density at radius 2 is 2.11 bits per heavy atom. The molecule has 0 saturated carbocycles. The molecular weight excluding hydrogens is 262 g/mol. The number of carbonyl (C=O) groups excluding carboxylic acids is 1. The highest BCUT2D eigenvalue weighted by Gasteiger charge is 2.13. The highest BCUT2D eigenvalue weighted by molar-refractivity contribution is 7.99. The molecule has 0 atom stereocenters. The molecule has 0 spiro atoms. The van der Waals surface area contributed by atoms with E-state index in [4.69, 9.17) is 10.2 Å². The summed E-state index contributed by atoms with van der Waals surface area (Å²) in [7, 11) is 1.73. The lowest BCUT2D eigenvalue weighted by molar-refractivity contribution is -0.115. The molecule has 5 nitrogen and oxygen atoms in total. The molecule has 0 bridgehead atoms. The second-order valence-corrected chi connectivity index (χ2v) is 5.01. The lowest BCUT2D eigenvalue weighted by Crippen LogP contribution is -2.27. The Hall–Kier alpha value is -1.95. The fourth-order valence-corrected chi connectivity index (χ4v) is 2.23. The third-order valence-corrected chi connectivity index (χ3v) is 3.40. The Morgan fingerprint density at radius 1 is 1.42 bits per heavy atom. The molecule has 0 unspecified atom stereocenters. The molecule has 0 aliphatic rings. The van der Waals surface area contributed by atoms with Gasteiger partial charge in [0.15, 0.2) is 0 Å². The van der Waals surface area contributed by atoms with Crippen molar-refractivity contribution in [2.75, 3.05) is 23.4 Å². The number of nitrogen functional groups attached to an aromatic ring is 1. The van der Waals surface area contributed by atoms with Gasteiger partial charge in [0.1, 0.15) is 6.26 Å². The van der Waals surface area contributed by atoms with Crippen LogP contribution in [-0.2, 0) is 4.79 Å². The first-order valence-electron chi connectivity index (χ1n) is 5.73. The summed E-state index contributed by atoms with van der Waals surface area (Å²) in [4.78, 5) is 17.7. The van der Waals surface area contributed by atoms with E-state index in [0.717, 1.165) is 11.4 Å². The molecule has 100 valence electrons. The van der Waals surface area contributed by atoms with Gasteiger partial charge in [-0.1, -0.05) is 11.8 Å². The van der Waals surface area contributed by atoms with Crippen LogP contribution in [0.1, 0.15) is 5.69 Å². The first-order valence-corrected chi connectivity index (χ1v) is 6.72. The molecule has 1 amide bonds. The molecule has 0 fully saturated rings. The summed E-state index contributed by atoms with van der Waals surface area (Å²) in [5.41, 5.74) is 7.90. The minimum atomic E-state index is -0.0226. The van der Waals surface area contributed by atoms with E-state index in [1.54, 1.807) is 30.3 Å². The number of aryl methyl sites for hydroxylation is 1. The number of benzene rings is 1. The minimum absolute atomic E-state index is 0.0226. The second-order valence-electron chi connectivity index (χ2n) is 4.09. The molecule has 2 aromatic rings. The zero-order valence-electron chi connectivity index (χ0n) is 10.8. The number of nitrogens with zero attached hydrogens (tertiary/aromatic N) is 2. The van der Waals surface area contributed by atoms with Crippen molar-refractivity contribution in [3.8, 4) is 0 Å². The Balaban J connectivity index is 1.94. The normalized spacial score (nSPS) is 10.4. The molecule has 2 N–H and O–H groups in total. The summed E-state index contributed by atoms with van der Waals surface area (Å²) in [5.74, 6) is 0.256. The van der Waals surface area contributed by atoms with E-state index in [0.29, 0.717) is 10.9 Å². The van der Waals surface area contributed by atoms with Crippen LogP contribution in [-0.4, -0.2) is 23.7 Å². The summed E-state index contributed by atoms with van der Waals surface area (Å²) in [6.45, 7) is 1.84. The Morgan fingerprint density at radius 3 is 2.68 bits per heavy atom. The third-order valence-electron chi connectivity index (χ3n) is 2.57. The molecule has 19 heavy (non-hydrogen) atoms. The molecule has 1 aromatic carbocycles. The van der Waals surface area contributed by atoms with Crippen LogP contribution in [0.4, 0.5) is 11.4 Å². The van der Waals surface area contributed by atoms with Gasteiger partial charge in [0.2, 0.25) is 5.91 Å². The lowest BCUT2D eigenvalue weighted by atomic mass is 10.2. The predicted molar refractivity (Wildman–Crippen MR) is 76.2 cm³/mol. The van der Waals surface area contributed by atoms with Gasteiger partial charge in [0.05, 0.1) is 11.4 Å². The number of thioether (sulfide) groups is 1. The molecule has 1 heterocycles. The molecule has 0 radical (unpaired) electrons. The van der Waals surface area contributed by atoms with E-state index in [2.05, 4.69) is 4.98 Å². The lowest BCUT2D eigenvalue weighted by Gasteiger charge is -2.16. The number of hydrogen-bond acceptors (Lipinski definition) is 5. The van der Waals surface area contributed by atoms with Crippen molar-refractivity contribution in [1.29, 1.82) is 0 Å². The second kappa shape index (κ2) is 5.79. The van der Waals surface area contributed by atoms with Gasteiger partial charge in [-0.25, -0.2) is 4.98 Å². The number of nitrogens with two attached hydrogens (primary N) is 1. The van der Waals surface area contributed by atoms with Gasteiger partial charge in [-0.2, -0.15) is 0 Å². The zero-order chi connectivity index (χ0) is 13.8. The zero-order valence-corrected chi connectivity index (χ0v) is 11.6. The highest BCUT2D eigenvalue weighted by Crippen LogP contribution is 2.20. The molecule has 0 saturated heterocycles. The van der Waals surface area contributed by atoms with Gasteiger partial charge in [0.25, 0.3) is 5.22 Å². The van der Waals surface area contributed by atoms with Crippen molar-refractivity contribution in [3.05, 3.63) is 36.2 Å². The Labute approximate surface area is 115 Å². The summed E-state index contributed by atoms with van der Waals surface area (Å²) in [5, 5.41) is 0.511. The number of hydrogen-bond donors (Lipinski definition) is 1. The van der Waals surface area contributed by atoms with Crippen LogP contribution in [0.5, 0.6) is 0 Å². The first-order chi connectivity index (χ1) is 9.06. The first kappa shape index (κ1) is 13.5. The largest absolute Gasteiger partial charge is 0.440 e. The van der Waals surface area contributed by atoms with Crippen molar-refractivity contribution in [2.24, 2.45) is 0 Å². The number of anilines is 2. The van der Waals surface area contributed by atoms with E-state index in [-0.39, 0.29) is 11.7 Å². The van der Waals surface area contributed by atoms with Crippen molar-refractivity contribution >= 4 is 29.0 Å². The average molecular weight is 277 g/mol. The van der Waals surface area contributed by atoms with Gasteiger partial charge in [-0.3, -0.25) is 4.79 Å². The maximum Gasteiger partial charge on any atom is 0.256 e. The van der Waals surface area contributed by atoms with Gasteiger partial charge in [0, 0.05) is 18.4 Å². The standard InChI is InChI=1S/C13H15N3O2S/c1-9-7-18-13(15-9)19-8-12(17)16(2)11-5-3-10(14)4-6-11/h3-7H,8,14H2,1-2H3. The van der Waals surface area contributed by atoms with Gasteiger partial charge in [-0.15, -0.1) is 0 Å². The number of oxazole rings is 1. The van der Waals surface area contributed by atoms with Crippen LogP contribution in [0, 0.1) is 6.92 Å². The average Bonchev–Trinajstić information content (AvgIpc) is 2.82. The van der Waals surface area contributed by atoms with Crippen molar-refractivity contribution in [2.45, 2.75) is 12.1 Å².